The molecule has 49 heavy (non-hydrogen) atoms. The Morgan fingerprint density at radius 1 is 1.08 bits per heavy atom. The number of nitrogens with one attached hydrogen (secondary N) is 4. The number of carboxylic acid groups (broad SMARTS) is 1. The standard InChI is InChI=1S/C34H36F2N6O6S/c1-19-14-20(2)30(21(3)15-19)49(47,48)41-34(4,32(45)46)40-31(44)25-18-42(13-10-22-8-6-5-7-9-22)28-23(29(25)43)16-26(35)24(27(28)36)17-39-33-37-11-12-38-33/h5-9,14-16,18,41H,10-13,17H2,1-4H3,(H,40,44)(H,45,46)(H2,37,38,39). The van der Waals surface area contributed by atoms with Crippen LogP contribution in [-0.4, -0.2) is 54.7 Å². The molecule has 4 aromatic rings. The van der Waals surface area contributed by atoms with Crippen LogP contribution in [0.15, 0.2) is 69.4 Å². The van der Waals surface area contributed by atoms with Gasteiger partial charge in [0.2, 0.25) is 21.1 Å². The number of aromatic nitrogens is 1. The van der Waals surface area contributed by atoms with Crippen molar-refractivity contribution >= 4 is 38.8 Å². The minimum atomic E-state index is -4.54. The van der Waals surface area contributed by atoms with Crippen LogP contribution in [0.2, 0.25) is 0 Å². The molecule has 1 aliphatic rings. The molecule has 12 nitrogen and oxygen atoms in total. The Morgan fingerprint density at radius 3 is 2.37 bits per heavy atom. The molecule has 5 rings (SSSR count). The van der Waals surface area contributed by atoms with Crippen molar-refractivity contribution in [3.63, 3.8) is 0 Å². The predicted molar refractivity (Wildman–Crippen MR) is 180 cm³/mol. The molecule has 0 spiro atoms. The second-order valence-electron chi connectivity index (χ2n) is 12.1. The lowest BCUT2D eigenvalue weighted by molar-refractivity contribution is -0.144. The van der Waals surface area contributed by atoms with E-state index in [9.17, 15) is 27.9 Å². The third-order valence-corrected chi connectivity index (χ3v) is 10.0. The third kappa shape index (κ3) is 7.32. The van der Waals surface area contributed by atoms with Gasteiger partial charge in [0.25, 0.3) is 5.91 Å². The molecular weight excluding hydrogens is 658 g/mol. The van der Waals surface area contributed by atoms with E-state index in [2.05, 4.69) is 25.7 Å². The number of fused-ring (bicyclic) bond motifs is 1. The number of carbonyl (C=O) groups excluding carboxylic acids is 1. The van der Waals surface area contributed by atoms with Crippen molar-refractivity contribution in [1.82, 2.24) is 25.2 Å². The predicted octanol–water partition coefficient (Wildman–Crippen LogP) is 3.01. The van der Waals surface area contributed by atoms with E-state index in [4.69, 9.17) is 0 Å². The highest BCUT2D eigenvalue weighted by Crippen LogP contribution is 2.25. The van der Waals surface area contributed by atoms with E-state index < -0.39 is 55.6 Å². The molecule has 1 amide bonds. The van der Waals surface area contributed by atoms with E-state index in [1.54, 1.807) is 32.9 Å². The number of carboxylic acids is 1. The first-order valence-electron chi connectivity index (χ1n) is 15.4. The molecule has 1 aromatic heterocycles. The molecular formula is C34H36F2N6O6S. The maximum absolute atomic E-state index is 16.2. The molecule has 15 heteroatoms. The molecule has 1 aliphatic heterocycles. The molecule has 1 unspecified atom stereocenters. The molecule has 0 fully saturated rings. The Labute approximate surface area is 281 Å². The smallest absolute Gasteiger partial charge is 0.345 e. The number of aliphatic imine (C=N–C) groups is 1. The quantitative estimate of drug-likeness (QED) is 0.149. The summed E-state index contributed by atoms with van der Waals surface area (Å²) in [6.07, 6.45) is 1.39. The fourth-order valence-electron chi connectivity index (χ4n) is 5.94. The number of benzene rings is 3. The van der Waals surface area contributed by atoms with Crippen LogP contribution in [0.4, 0.5) is 8.78 Å². The van der Waals surface area contributed by atoms with E-state index in [-0.39, 0.29) is 29.1 Å². The largest absolute Gasteiger partial charge is 0.478 e. The molecule has 258 valence electrons. The maximum Gasteiger partial charge on any atom is 0.345 e. The van der Waals surface area contributed by atoms with Gasteiger partial charge in [0.05, 0.1) is 22.3 Å². The summed E-state index contributed by atoms with van der Waals surface area (Å²) < 4.78 is 61.9. The average Bonchev–Trinajstić information content (AvgIpc) is 3.54. The van der Waals surface area contributed by atoms with Crippen molar-refractivity contribution in [2.45, 2.75) is 57.8 Å². The molecule has 1 atom stereocenters. The van der Waals surface area contributed by atoms with Gasteiger partial charge in [-0.2, -0.15) is 4.72 Å². The van der Waals surface area contributed by atoms with Gasteiger partial charge < -0.3 is 25.6 Å². The number of aliphatic carboxylic acids is 1. The van der Waals surface area contributed by atoms with Crippen LogP contribution in [0.1, 0.15) is 45.1 Å². The number of guanidine groups is 1. The molecule has 0 radical (unpaired) electrons. The lowest BCUT2D eigenvalue weighted by Crippen LogP contribution is -2.63. The van der Waals surface area contributed by atoms with Crippen LogP contribution in [-0.2, 0) is 34.3 Å². The number of rotatable bonds is 11. The Kier molecular flexibility index (Phi) is 9.88. The zero-order valence-corrected chi connectivity index (χ0v) is 28.1. The molecule has 0 saturated carbocycles. The Morgan fingerprint density at radius 2 is 1.76 bits per heavy atom. The van der Waals surface area contributed by atoms with Crippen LogP contribution in [0.3, 0.4) is 0 Å². The summed E-state index contributed by atoms with van der Waals surface area (Å²) in [6, 6.07) is 13.2. The lowest BCUT2D eigenvalue weighted by Gasteiger charge is -2.28. The van der Waals surface area contributed by atoms with E-state index in [1.165, 1.54) is 4.57 Å². The molecule has 0 bridgehead atoms. The van der Waals surface area contributed by atoms with Crippen molar-refractivity contribution in [2.24, 2.45) is 4.99 Å². The first kappa shape index (κ1) is 35.2. The zero-order chi connectivity index (χ0) is 35.7. The number of hydrogen-bond acceptors (Lipinski definition) is 8. The van der Waals surface area contributed by atoms with Gasteiger partial charge >= 0.3 is 5.97 Å². The Hall–Kier alpha value is -5.15. The monoisotopic (exact) mass is 694 g/mol. The maximum atomic E-state index is 16.2. The van der Waals surface area contributed by atoms with Crippen molar-refractivity contribution in [2.75, 3.05) is 13.1 Å². The van der Waals surface area contributed by atoms with Gasteiger partial charge in [-0.3, -0.25) is 14.6 Å². The highest BCUT2D eigenvalue weighted by molar-refractivity contribution is 7.89. The summed E-state index contributed by atoms with van der Waals surface area (Å²) in [5.74, 6) is -4.75. The number of pyridine rings is 1. The second kappa shape index (κ2) is 13.8. The summed E-state index contributed by atoms with van der Waals surface area (Å²) in [5.41, 5.74) is -2.64. The van der Waals surface area contributed by atoms with Gasteiger partial charge in [-0.05, 0) is 56.9 Å². The van der Waals surface area contributed by atoms with Gasteiger partial charge in [-0.15, -0.1) is 0 Å². The minimum absolute atomic E-state index is 0.0412. The van der Waals surface area contributed by atoms with Crippen LogP contribution in [0.5, 0.6) is 0 Å². The van der Waals surface area contributed by atoms with Gasteiger partial charge in [0.15, 0.2) is 11.8 Å². The number of nitrogens with zero attached hydrogens (tertiary/aromatic N) is 2. The number of halogens is 2. The van der Waals surface area contributed by atoms with Gasteiger partial charge in [0.1, 0.15) is 11.4 Å². The summed E-state index contributed by atoms with van der Waals surface area (Å²) in [6.45, 7) is 6.63. The summed E-state index contributed by atoms with van der Waals surface area (Å²) in [4.78, 5) is 43.9. The first-order valence-corrected chi connectivity index (χ1v) is 16.9. The molecule has 5 N–H and O–H groups in total. The Balaban J connectivity index is 1.56. The van der Waals surface area contributed by atoms with Gasteiger partial charge in [-0.25, -0.2) is 22.0 Å². The van der Waals surface area contributed by atoms with Gasteiger partial charge in [-0.1, -0.05) is 48.0 Å². The third-order valence-electron chi connectivity index (χ3n) is 8.19. The summed E-state index contributed by atoms with van der Waals surface area (Å²) in [7, 11) is -4.54. The van der Waals surface area contributed by atoms with Crippen molar-refractivity contribution in [1.29, 1.82) is 0 Å². The molecule has 0 aliphatic carbocycles. The number of sulfonamides is 1. The number of hydrogen-bond donors (Lipinski definition) is 5. The molecule has 2 heterocycles. The van der Waals surface area contributed by atoms with Crippen LogP contribution in [0.25, 0.3) is 10.9 Å². The molecule has 0 saturated heterocycles. The van der Waals surface area contributed by atoms with Gasteiger partial charge in [0, 0.05) is 31.4 Å². The topological polar surface area (TPSA) is 171 Å². The SMILES string of the molecule is Cc1cc(C)c(S(=O)(=O)NC(C)(NC(=O)c2cn(CCc3ccccc3)c3c(F)c(CNC4=NCCN4)c(F)cc3c2=O)C(=O)O)c(C)c1. The highest BCUT2D eigenvalue weighted by atomic mass is 32.2. The average molecular weight is 695 g/mol. The van der Waals surface area contributed by atoms with Crippen molar-refractivity contribution in [3.05, 3.63) is 110 Å². The van der Waals surface area contributed by atoms with Crippen LogP contribution >= 0.6 is 0 Å². The number of carbonyl (C=O) groups is 2. The second-order valence-corrected chi connectivity index (χ2v) is 13.7. The van der Waals surface area contributed by atoms with E-state index in [0.717, 1.165) is 30.3 Å². The normalized spacial score (nSPS) is 14.2. The summed E-state index contributed by atoms with van der Waals surface area (Å²) in [5, 5.41) is 17.6. The van der Waals surface area contributed by atoms with E-state index in [1.807, 2.05) is 30.3 Å². The zero-order valence-electron chi connectivity index (χ0n) is 27.3. The number of amides is 1. The summed E-state index contributed by atoms with van der Waals surface area (Å²) >= 11 is 0. The highest BCUT2D eigenvalue weighted by Gasteiger charge is 2.41. The van der Waals surface area contributed by atoms with Crippen LogP contribution in [0, 0.1) is 32.4 Å². The van der Waals surface area contributed by atoms with E-state index in [0.29, 0.717) is 36.6 Å². The lowest BCUT2D eigenvalue weighted by atomic mass is 10.0. The van der Waals surface area contributed by atoms with Crippen molar-refractivity contribution < 1.29 is 31.9 Å². The Bertz CT molecular complexity index is 2150. The fraction of sp³-hybridized carbons (Fsp3) is 0.294. The van der Waals surface area contributed by atoms with Crippen molar-refractivity contribution in [3.8, 4) is 0 Å². The number of aryl methyl sites for hydroxylation is 5. The van der Waals surface area contributed by atoms with E-state index >= 15 is 8.78 Å². The first-order chi connectivity index (χ1) is 23.1. The van der Waals surface area contributed by atoms with Crippen LogP contribution < -0.4 is 26.1 Å². The minimum Gasteiger partial charge on any atom is -0.478 e. The fourth-order valence-corrected chi connectivity index (χ4v) is 7.68. The molecule has 3 aromatic carbocycles.